The molecule has 0 saturated heterocycles. The van der Waals surface area contributed by atoms with Gasteiger partial charge in [-0.25, -0.2) is 9.59 Å². The third kappa shape index (κ3) is 3.96. The van der Waals surface area contributed by atoms with Gasteiger partial charge in [-0.05, 0) is 31.5 Å². The van der Waals surface area contributed by atoms with E-state index in [9.17, 15) is 9.59 Å². The number of hydrogen-bond acceptors (Lipinski definition) is 3. The lowest BCUT2D eigenvalue weighted by molar-refractivity contribution is 0.0696. The van der Waals surface area contributed by atoms with E-state index in [-0.39, 0.29) is 17.6 Å². The number of nitrogens with one attached hydrogen (secondary N) is 1. The normalized spacial score (nSPS) is 11.8. The zero-order chi connectivity index (χ0) is 15.3. The molecule has 1 aromatic carbocycles. The molecule has 1 aromatic rings. The number of urea groups is 1. The van der Waals surface area contributed by atoms with Crippen molar-refractivity contribution in [3.8, 4) is 0 Å². The van der Waals surface area contributed by atoms with Crippen molar-refractivity contribution >= 4 is 17.7 Å². The predicted octanol–water partition coefficient (Wildman–Crippen LogP) is 2.19. The van der Waals surface area contributed by atoms with E-state index < -0.39 is 5.97 Å². The quantitative estimate of drug-likeness (QED) is 0.866. The van der Waals surface area contributed by atoms with Crippen molar-refractivity contribution in [1.82, 2.24) is 4.90 Å². The van der Waals surface area contributed by atoms with E-state index in [4.69, 9.17) is 9.84 Å². The fourth-order valence-corrected chi connectivity index (χ4v) is 1.69. The molecule has 0 heterocycles. The molecule has 2 amide bonds. The molecule has 0 bridgehead atoms. The van der Waals surface area contributed by atoms with E-state index in [2.05, 4.69) is 5.32 Å². The summed E-state index contributed by atoms with van der Waals surface area (Å²) in [6.07, 6.45) is 0. The lowest BCUT2D eigenvalue weighted by Crippen LogP contribution is -2.40. The van der Waals surface area contributed by atoms with Gasteiger partial charge in [-0.1, -0.05) is 6.07 Å². The molecule has 0 fully saturated rings. The van der Waals surface area contributed by atoms with Gasteiger partial charge in [-0.15, -0.1) is 0 Å². The molecule has 1 atom stereocenters. The zero-order valence-electron chi connectivity index (χ0n) is 12.1. The average molecular weight is 280 g/mol. The number of aromatic carboxylic acids is 1. The minimum absolute atomic E-state index is 0.0793. The van der Waals surface area contributed by atoms with Crippen LogP contribution in [0, 0.1) is 6.92 Å². The second-order valence-corrected chi connectivity index (χ2v) is 4.68. The number of nitrogens with zero attached hydrogens (tertiary/aromatic N) is 1. The standard InChI is InChI=1S/C14H20N2O4/c1-9-5-6-11(7-12(9)13(17)18)15-14(19)16(3)10(2)8-20-4/h5-7,10H,8H2,1-4H3,(H,15,19)(H,17,18). The van der Waals surface area contributed by atoms with Crippen LogP contribution in [-0.4, -0.2) is 48.8 Å². The Balaban J connectivity index is 2.80. The highest BCUT2D eigenvalue weighted by Crippen LogP contribution is 2.16. The molecule has 0 spiro atoms. The Hall–Kier alpha value is -2.08. The van der Waals surface area contributed by atoms with Crippen LogP contribution in [0.25, 0.3) is 0 Å². The number of amides is 2. The van der Waals surface area contributed by atoms with Gasteiger partial charge >= 0.3 is 12.0 Å². The van der Waals surface area contributed by atoms with E-state index in [1.165, 1.54) is 11.0 Å². The van der Waals surface area contributed by atoms with Crippen molar-refractivity contribution in [3.63, 3.8) is 0 Å². The summed E-state index contributed by atoms with van der Waals surface area (Å²) >= 11 is 0. The van der Waals surface area contributed by atoms with Crippen LogP contribution >= 0.6 is 0 Å². The second-order valence-electron chi connectivity index (χ2n) is 4.68. The topological polar surface area (TPSA) is 78.9 Å². The average Bonchev–Trinajstić information content (AvgIpc) is 2.39. The number of benzene rings is 1. The summed E-state index contributed by atoms with van der Waals surface area (Å²) in [4.78, 5) is 24.6. The van der Waals surface area contributed by atoms with Crippen LogP contribution in [0.4, 0.5) is 10.5 Å². The van der Waals surface area contributed by atoms with Gasteiger partial charge in [0.15, 0.2) is 0 Å². The first-order valence-corrected chi connectivity index (χ1v) is 6.23. The summed E-state index contributed by atoms with van der Waals surface area (Å²) < 4.78 is 4.99. The third-order valence-electron chi connectivity index (χ3n) is 3.11. The second kappa shape index (κ2) is 6.91. The smallest absolute Gasteiger partial charge is 0.336 e. The number of rotatable bonds is 5. The summed E-state index contributed by atoms with van der Waals surface area (Å²) in [7, 11) is 3.23. The van der Waals surface area contributed by atoms with Gasteiger partial charge in [-0.2, -0.15) is 0 Å². The SMILES string of the molecule is COCC(C)N(C)C(=O)Nc1ccc(C)c(C(=O)O)c1. The zero-order valence-corrected chi connectivity index (χ0v) is 12.1. The van der Waals surface area contributed by atoms with E-state index in [0.717, 1.165) is 0 Å². The maximum atomic E-state index is 12.0. The van der Waals surface area contributed by atoms with Gasteiger partial charge in [0, 0.05) is 19.8 Å². The van der Waals surface area contributed by atoms with Crippen LogP contribution in [0.15, 0.2) is 18.2 Å². The van der Waals surface area contributed by atoms with E-state index >= 15 is 0 Å². The monoisotopic (exact) mass is 280 g/mol. The van der Waals surface area contributed by atoms with Crippen LogP contribution < -0.4 is 5.32 Å². The summed E-state index contributed by atoms with van der Waals surface area (Å²) in [5.74, 6) is -1.01. The molecule has 1 rings (SSSR count). The number of aryl methyl sites for hydroxylation is 1. The highest BCUT2D eigenvalue weighted by Gasteiger charge is 2.16. The molecule has 0 aromatic heterocycles. The molecule has 1 unspecified atom stereocenters. The lowest BCUT2D eigenvalue weighted by Gasteiger charge is -2.24. The first-order valence-electron chi connectivity index (χ1n) is 6.23. The lowest BCUT2D eigenvalue weighted by atomic mass is 10.1. The molecule has 0 radical (unpaired) electrons. The number of likely N-dealkylation sites (N-methyl/N-ethyl adjacent to an activating group) is 1. The Bertz CT molecular complexity index is 502. The largest absolute Gasteiger partial charge is 0.478 e. The van der Waals surface area contributed by atoms with Gasteiger partial charge < -0.3 is 20.1 Å². The minimum Gasteiger partial charge on any atom is -0.478 e. The number of ether oxygens (including phenoxy) is 1. The molecule has 6 heteroatoms. The van der Waals surface area contributed by atoms with Crippen LogP contribution in [0.5, 0.6) is 0 Å². The molecule has 110 valence electrons. The van der Waals surface area contributed by atoms with E-state index in [1.807, 2.05) is 6.92 Å². The maximum Gasteiger partial charge on any atom is 0.336 e. The van der Waals surface area contributed by atoms with Crippen molar-refractivity contribution in [2.75, 3.05) is 26.1 Å². The van der Waals surface area contributed by atoms with Crippen molar-refractivity contribution < 1.29 is 19.4 Å². The van der Waals surface area contributed by atoms with Gasteiger partial charge in [0.05, 0.1) is 18.2 Å². The first-order chi connectivity index (χ1) is 9.36. The molecule has 0 aliphatic heterocycles. The molecular weight excluding hydrogens is 260 g/mol. The summed E-state index contributed by atoms with van der Waals surface area (Å²) in [5, 5.41) is 11.7. The maximum absolute atomic E-state index is 12.0. The molecular formula is C14H20N2O4. The third-order valence-corrected chi connectivity index (χ3v) is 3.11. The van der Waals surface area contributed by atoms with Gasteiger partial charge in [0.25, 0.3) is 0 Å². The van der Waals surface area contributed by atoms with Crippen molar-refractivity contribution in [3.05, 3.63) is 29.3 Å². The number of carbonyl (C=O) groups is 2. The Labute approximate surface area is 118 Å². The Morgan fingerprint density at radius 3 is 2.65 bits per heavy atom. The van der Waals surface area contributed by atoms with Crippen LogP contribution in [0.1, 0.15) is 22.8 Å². The first kappa shape index (κ1) is 16.0. The van der Waals surface area contributed by atoms with Crippen molar-refractivity contribution in [2.24, 2.45) is 0 Å². The number of anilines is 1. The molecule has 6 nitrogen and oxygen atoms in total. The molecule has 0 aliphatic carbocycles. The fraction of sp³-hybridized carbons (Fsp3) is 0.429. The van der Waals surface area contributed by atoms with Crippen molar-refractivity contribution in [2.45, 2.75) is 19.9 Å². The minimum atomic E-state index is -1.01. The van der Waals surface area contributed by atoms with Crippen LogP contribution in [0.3, 0.4) is 0 Å². The Morgan fingerprint density at radius 1 is 1.45 bits per heavy atom. The summed E-state index contributed by atoms with van der Waals surface area (Å²) in [6, 6.07) is 4.40. The van der Waals surface area contributed by atoms with Crippen LogP contribution in [0.2, 0.25) is 0 Å². The summed E-state index contributed by atoms with van der Waals surface area (Å²) in [6.45, 7) is 4.00. The van der Waals surface area contributed by atoms with Gasteiger partial charge in [-0.3, -0.25) is 0 Å². The number of hydrogen-bond donors (Lipinski definition) is 2. The Morgan fingerprint density at radius 2 is 2.10 bits per heavy atom. The molecule has 2 N–H and O–H groups in total. The van der Waals surface area contributed by atoms with Gasteiger partial charge in [0.2, 0.25) is 0 Å². The molecule has 20 heavy (non-hydrogen) atoms. The Kier molecular flexibility index (Phi) is 5.52. The number of methoxy groups -OCH3 is 1. The number of carboxylic acids is 1. The van der Waals surface area contributed by atoms with E-state index in [1.54, 1.807) is 33.2 Å². The fourth-order valence-electron chi connectivity index (χ4n) is 1.69. The number of carbonyl (C=O) groups excluding carboxylic acids is 1. The molecule has 0 saturated carbocycles. The van der Waals surface area contributed by atoms with Crippen molar-refractivity contribution in [1.29, 1.82) is 0 Å². The van der Waals surface area contributed by atoms with E-state index in [0.29, 0.717) is 17.9 Å². The highest BCUT2D eigenvalue weighted by molar-refractivity contribution is 5.94. The number of carboxylic acid groups (broad SMARTS) is 1. The summed E-state index contributed by atoms with van der Waals surface area (Å²) in [5.41, 5.74) is 1.28. The highest BCUT2D eigenvalue weighted by atomic mass is 16.5. The van der Waals surface area contributed by atoms with Crippen LogP contribution in [-0.2, 0) is 4.74 Å². The van der Waals surface area contributed by atoms with Gasteiger partial charge in [0.1, 0.15) is 0 Å². The molecule has 0 aliphatic rings. The predicted molar refractivity (Wildman–Crippen MR) is 76.3 cm³/mol.